The fourth-order valence-corrected chi connectivity index (χ4v) is 2.19. The summed E-state index contributed by atoms with van der Waals surface area (Å²) in [4.78, 5) is 0. The van der Waals surface area contributed by atoms with Crippen molar-refractivity contribution in [3.8, 4) is 0 Å². The predicted octanol–water partition coefficient (Wildman–Crippen LogP) is 4.54. The van der Waals surface area contributed by atoms with Gasteiger partial charge < -0.3 is 5.11 Å². The van der Waals surface area contributed by atoms with E-state index in [9.17, 15) is 5.11 Å². The molecule has 0 radical (unpaired) electrons. The summed E-state index contributed by atoms with van der Waals surface area (Å²) in [5, 5.41) is 9.42. The van der Waals surface area contributed by atoms with Crippen LogP contribution >= 0.6 is 0 Å². The van der Waals surface area contributed by atoms with Crippen LogP contribution < -0.4 is 0 Å². The SMILES string of the molecule is CCCCCCCCC(CC)(CC)CO. The van der Waals surface area contributed by atoms with Crippen molar-refractivity contribution in [3.05, 3.63) is 0 Å². The highest BCUT2D eigenvalue weighted by atomic mass is 16.3. The zero-order chi connectivity index (χ0) is 11.6. The van der Waals surface area contributed by atoms with E-state index >= 15 is 0 Å². The van der Waals surface area contributed by atoms with Crippen molar-refractivity contribution in [1.29, 1.82) is 0 Å². The van der Waals surface area contributed by atoms with E-state index < -0.39 is 0 Å². The lowest BCUT2D eigenvalue weighted by Gasteiger charge is -2.29. The molecule has 0 saturated heterocycles. The monoisotopic (exact) mass is 214 g/mol. The lowest BCUT2D eigenvalue weighted by atomic mass is 9.78. The molecule has 0 heterocycles. The van der Waals surface area contributed by atoms with Gasteiger partial charge in [-0.3, -0.25) is 0 Å². The molecule has 0 amide bonds. The van der Waals surface area contributed by atoms with Crippen LogP contribution in [0.5, 0.6) is 0 Å². The number of aliphatic hydroxyl groups is 1. The summed E-state index contributed by atoms with van der Waals surface area (Å²) in [6, 6.07) is 0. The predicted molar refractivity (Wildman–Crippen MR) is 68.1 cm³/mol. The van der Waals surface area contributed by atoms with Gasteiger partial charge in [0, 0.05) is 6.61 Å². The van der Waals surface area contributed by atoms with Gasteiger partial charge in [-0.2, -0.15) is 0 Å². The highest BCUT2D eigenvalue weighted by molar-refractivity contribution is 4.75. The van der Waals surface area contributed by atoms with Gasteiger partial charge in [0.1, 0.15) is 0 Å². The fraction of sp³-hybridized carbons (Fsp3) is 1.00. The van der Waals surface area contributed by atoms with E-state index in [-0.39, 0.29) is 5.41 Å². The normalized spacial score (nSPS) is 12.0. The van der Waals surface area contributed by atoms with Crippen LogP contribution in [-0.4, -0.2) is 11.7 Å². The zero-order valence-corrected chi connectivity index (χ0v) is 11.0. The molecule has 92 valence electrons. The highest BCUT2D eigenvalue weighted by Gasteiger charge is 2.23. The molecule has 0 rings (SSSR count). The lowest BCUT2D eigenvalue weighted by molar-refractivity contribution is 0.102. The summed E-state index contributed by atoms with van der Waals surface area (Å²) in [6.07, 6.45) is 11.6. The summed E-state index contributed by atoms with van der Waals surface area (Å²) >= 11 is 0. The average molecular weight is 214 g/mol. The van der Waals surface area contributed by atoms with Crippen molar-refractivity contribution in [2.24, 2.45) is 5.41 Å². The molecule has 0 aromatic heterocycles. The molecular weight excluding hydrogens is 184 g/mol. The molecule has 0 atom stereocenters. The first kappa shape index (κ1) is 15.0. The van der Waals surface area contributed by atoms with E-state index in [1.54, 1.807) is 0 Å². The molecule has 0 bridgehead atoms. The second-order valence-electron chi connectivity index (χ2n) is 4.88. The van der Waals surface area contributed by atoms with Crippen LogP contribution in [0.15, 0.2) is 0 Å². The second kappa shape index (κ2) is 9.21. The first-order valence-electron chi connectivity index (χ1n) is 6.85. The Bertz CT molecular complexity index is 119. The topological polar surface area (TPSA) is 20.2 Å². The summed E-state index contributed by atoms with van der Waals surface area (Å²) in [5.74, 6) is 0. The van der Waals surface area contributed by atoms with Gasteiger partial charge >= 0.3 is 0 Å². The van der Waals surface area contributed by atoms with E-state index in [0.717, 1.165) is 12.8 Å². The molecule has 0 aliphatic rings. The van der Waals surface area contributed by atoms with Crippen molar-refractivity contribution in [2.75, 3.05) is 6.61 Å². The molecule has 1 N–H and O–H groups in total. The molecule has 0 aliphatic carbocycles. The maximum absolute atomic E-state index is 9.42. The third-order valence-electron chi connectivity index (χ3n) is 3.90. The van der Waals surface area contributed by atoms with E-state index in [4.69, 9.17) is 0 Å². The van der Waals surface area contributed by atoms with Crippen LogP contribution in [0, 0.1) is 5.41 Å². The molecule has 0 aromatic rings. The van der Waals surface area contributed by atoms with Crippen molar-refractivity contribution >= 4 is 0 Å². The molecule has 1 heteroatoms. The Morgan fingerprint density at radius 1 is 0.800 bits per heavy atom. The first-order chi connectivity index (χ1) is 7.24. The Labute approximate surface area is 96.3 Å². The molecule has 15 heavy (non-hydrogen) atoms. The summed E-state index contributed by atoms with van der Waals surface area (Å²) in [7, 11) is 0. The smallest absolute Gasteiger partial charge is 0.0487 e. The summed E-state index contributed by atoms with van der Waals surface area (Å²) in [6.45, 7) is 7.04. The van der Waals surface area contributed by atoms with Crippen LogP contribution in [0.2, 0.25) is 0 Å². The third kappa shape index (κ3) is 6.19. The van der Waals surface area contributed by atoms with Crippen molar-refractivity contribution in [2.45, 2.75) is 78.6 Å². The largest absolute Gasteiger partial charge is 0.396 e. The molecule has 0 aromatic carbocycles. The number of aliphatic hydroxyl groups excluding tert-OH is 1. The van der Waals surface area contributed by atoms with Crippen LogP contribution in [0.4, 0.5) is 0 Å². The van der Waals surface area contributed by atoms with Crippen LogP contribution in [0.1, 0.15) is 78.6 Å². The van der Waals surface area contributed by atoms with Gasteiger partial charge in [-0.05, 0) is 24.7 Å². The molecule has 0 aliphatic heterocycles. The number of unbranched alkanes of at least 4 members (excludes halogenated alkanes) is 5. The Balaban J connectivity index is 3.54. The fourth-order valence-electron chi connectivity index (χ4n) is 2.19. The summed E-state index contributed by atoms with van der Waals surface area (Å²) in [5.41, 5.74) is 0.227. The van der Waals surface area contributed by atoms with Gasteiger partial charge in [0.05, 0.1) is 0 Å². The van der Waals surface area contributed by atoms with Crippen LogP contribution in [0.25, 0.3) is 0 Å². The van der Waals surface area contributed by atoms with Crippen molar-refractivity contribution < 1.29 is 5.11 Å². The Kier molecular flexibility index (Phi) is 9.18. The number of hydrogen-bond donors (Lipinski definition) is 1. The van der Waals surface area contributed by atoms with E-state index in [1.807, 2.05) is 0 Å². The van der Waals surface area contributed by atoms with E-state index in [2.05, 4.69) is 20.8 Å². The Morgan fingerprint density at radius 2 is 1.33 bits per heavy atom. The molecule has 0 unspecified atom stereocenters. The van der Waals surface area contributed by atoms with Gasteiger partial charge in [0.25, 0.3) is 0 Å². The molecule has 0 spiro atoms. The zero-order valence-electron chi connectivity index (χ0n) is 11.0. The molecule has 0 fully saturated rings. The molecule has 0 saturated carbocycles. The second-order valence-corrected chi connectivity index (χ2v) is 4.88. The standard InChI is InChI=1S/C14H30O/c1-4-7-8-9-10-11-12-14(5-2,6-3)13-15/h15H,4-13H2,1-3H3. The van der Waals surface area contributed by atoms with Crippen LogP contribution in [-0.2, 0) is 0 Å². The van der Waals surface area contributed by atoms with Crippen LogP contribution in [0.3, 0.4) is 0 Å². The maximum atomic E-state index is 9.42. The van der Waals surface area contributed by atoms with Gasteiger partial charge in [-0.15, -0.1) is 0 Å². The first-order valence-corrected chi connectivity index (χ1v) is 6.85. The highest BCUT2D eigenvalue weighted by Crippen LogP contribution is 2.32. The van der Waals surface area contributed by atoms with Crippen molar-refractivity contribution in [1.82, 2.24) is 0 Å². The minimum atomic E-state index is 0.227. The molecule has 1 nitrogen and oxygen atoms in total. The van der Waals surface area contributed by atoms with E-state index in [0.29, 0.717) is 6.61 Å². The van der Waals surface area contributed by atoms with Gasteiger partial charge in [-0.1, -0.05) is 59.3 Å². The van der Waals surface area contributed by atoms with Gasteiger partial charge in [-0.25, -0.2) is 0 Å². The third-order valence-corrected chi connectivity index (χ3v) is 3.90. The summed E-state index contributed by atoms with van der Waals surface area (Å²) < 4.78 is 0. The Hall–Kier alpha value is -0.0400. The quantitative estimate of drug-likeness (QED) is 0.529. The lowest BCUT2D eigenvalue weighted by Crippen LogP contribution is -2.23. The maximum Gasteiger partial charge on any atom is 0.0487 e. The molecular formula is C14H30O. The minimum absolute atomic E-state index is 0.227. The van der Waals surface area contributed by atoms with Gasteiger partial charge in [0.15, 0.2) is 0 Å². The van der Waals surface area contributed by atoms with E-state index in [1.165, 1.54) is 44.9 Å². The average Bonchev–Trinajstić information content (AvgIpc) is 2.29. The number of rotatable bonds is 10. The van der Waals surface area contributed by atoms with Crippen molar-refractivity contribution in [3.63, 3.8) is 0 Å². The minimum Gasteiger partial charge on any atom is -0.396 e. The Morgan fingerprint density at radius 3 is 1.80 bits per heavy atom. The number of hydrogen-bond acceptors (Lipinski definition) is 1. The van der Waals surface area contributed by atoms with Gasteiger partial charge in [0.2, 0.25) is 0 Å².